The molecule has 2 aromatic rings. The highest BCUT2D eigenvalue weighted by molar-refractivity contribution is 9.10. The quantitative estimate of drug-likeness (QED) is 0.919. The van der Waals surface area contributed by atoms with Gasteiger partial charge in [-0.05, 0) is 53.0 Å². The van der Waals surface area contributed by atoms with E-state index in [0.29, 0.717) is 5.56 Å². The Morgan fingerprint density at radius 1 is 1.22 bits per heavy atom. The van der Waals surface area contributed by atoms with E-state index in [2.05, 4.69) is 26.2 Å². The van der Waals surface area contributed by atoms with Gasteiger partial charge in [-0.1, -0.05) is 12.1 Å². The molecule has 0 aliphatic carbocycles. The number of aromatic nitrogens is 1. The molecule has 0 aliphatic heterocycles. The van der Waals surface area contributed by atoms with Gasteiger partial charge < -0.3 is 5.32 Å². The summed E-state index contributed by atoms with van der Waals surface area (Å²) >= 11 is 3.44. The number of amides is 1. The fourth-order valence-electron chi connectivity index (χ4n) is 1.63. The molecule has 1 aromatic carbocycles. The second-order valence-electron chi connectivity index (χ2n) is 4.08. The third kappa shape index (κ3) is 2.59. The molecule has 0 radical (unpaired) electrons. The summed E-state index contributed by atoms with van der Waals surface area (Å²) in [5.74, 6) is -0.125. The molecule has 3 nitrogen and oxygen atoms in total. The number of rotatable bonds is 2. The number of benzene rings is 1. The molecule has 1 heterocycles. The molecule has 1 aromatic heterocycles. The Labute approximate surface area is 114 Å². The lowest BCUT2D eigenvalue weighted by molar-refractivity contribution is 0.102. The van der Waals surface area contributed by atoms with Crippen LogP contribution in [0, 0.1) is 13.8 Å². The number of carbonyl (C=O) groups excluding carboxylic acids is 1. The number of nitrogens with one attached hydrogen (secondary N) is 1. The number of halogens is 1. The van der Waals surface area contributed by atoms with Crippen molar-refractivity contribution in [2.75, 3.05) is 5.32 Å². The maximum absolute atomic E-state index is 12.2. The van der Waals surface area contributed by atoms with Crippen LogP contribution < -0.4 is 5.32 Å². The number of aryl methyl sites for hydroxylation is 2. The molecular formula is C14H13BrN2O. The Morgan fingerprint density at radius 2 is 2.00 bits per heavy atom. The summed E-state index contributed by atoms with van der Waals surface area (Å²) in [6.45, 7) is 3.87. The molecule has 18 heavy (non-hydrogen) atoms. The first-order valence-corrected chi connectivity index (χ1v) is 6.36. The van der Waals surface area contributed by atoms with Crippen molar-refractivity contribution in [2.24, 2.45) is 0 Å². The molecule has 0 saturated carbocycles. The van der Waals surface area contributed by atoms with E-state index >= 15 is 0 Å². The van der Waals surface area contributed by atoms with Crippen molar-refractivity contribution in [3.8, 4) is 0 Å². The van der Waals surface area contributed by atoms with Crippen molar-refractivity contribution in [3.05, 3.63) is 57.8 Å². The maximum Gasteiger partial charge on any atom is 0.256 e. The summed E-state index contributed by atoms with van der Waals surface area (Å²) in [7, 11) is 0. The zero-order valence-corrected chi connectivity index (χ0v) is 11.8. The van der Waals surface area contributed by atoms with E-state index in [0.717, 1.165) is 21.3 Å². The maximum atomic E-state index is 12.2. The van der Waals surface area contributed by atoms with Gasteiger partial charge in [-0.3, -0.25) is 9.78 Å². The van der Waals surface area contributed by atoms with Crippen molar-refractivity contribution in [1.29, 1.82) is 0 Å². The molecule has 4 heteroatoms. The summed E-state index contributed by atoms with van der Waals surface area (Å²) in [4.78, 5) is 16.2. The number of pyridine rings is 1. The first kappa shape index (κ1) is 12.8. The van der Waals surface area contributed by atoms with Crippen molar-refractivity contribution < 1.29 is 4.79 Å². The van der Waals surface area contributed by atoms with Crippen LogP contribution in [0.25, 0.3) is 0 Å². The second-order valence-corrected chi connectivity index (χ2v) is 4.87. The van der Waals surface area contributed by atoms with Gasteiger partial charge in [0, 0.05) is 22.6 Å². The average molecular weight is 305 g/mol. The number of nitrogens with zero attached hydrogens (tertiary/aromatic N) is 1. The van der Waals surface area contributed by atoms with Crippen molar-refractivity contribution >= 4 is 27.5 Å². The van der Waals surface area contributed by atoms with Crippen molar-refractivity contribution in [2.45, 2.75) is 13.8 Å². The molecule has 0 aliphatic rings. The van der Waals surface area contributed by atoms with Crippen LogP contribution in [-0.2, 0) is 0 Å². The Kier molecular flexibility index (Phi) is 3.77. The standard InChI is InChI=1S/C14H13BrN2O/c1-9-4-3-5-11(13(9)15)14(18)17-12-6-7-16-8-10(12)2/h3-8H,1-2H3,(H,16,17,18). The Balaban J connectivity index is 2.28. The van der Waals surface area contributed by atoms with Gasteiger partial charge in [0.2, 0.25) is 0 Å². The monoisotopic (exact) mass is 304 g/mol. The minimum absolute atomic E-state index is 0.125. The molecule has 0 spiro atoms. The lowest BCUT2D eigenvalue weighted by Crippen LogP contribution is -2.13. The van der Waals surface area contributed by atoms with Gasteiger partial charge in [0.1, 0.15) is 0 Å². The highest BCUT2D eigenvalue weighted by Gasteiger charge is 2.12. The van der Waals surface area contributed by atoms with E-state index in [1.165, 1.54) is 0 Å². The molecule has 0 saturated heterocycles. The first-order chi connectivity index (χ1) is 8.59. The van der Waals surface area contributed by atoms with Crippen molar-refractivity contribution in [1.82, 2.24) is 4.98 Å². The molecule has 1 amide bonds. The summed E-state index contributed by atoms with van der Waals surface area (Å²) < 4.78 is 0.828. The van der Waals surface area contributed by atoms with E-state index in [9.17, 15) is 4.79 Å². The third-order valence-electron chi connectivity index (χ3n) is 2.70. The van der Waals surface area contributed by atoms with Gasteiger partial charge in [0.15, 0.2) is 0 Å². The smallest absolute Gasteiger partial charge is 0.256 e. The minimum atomic E-state index is -0.125. The predicted molar refractivity (Wildman–Crippen MR) is 75.8 cm³/mol. The number of carbonyl (C=O) groups is 1. The molecule has 92 valence electrons. The van der Waals surface area contributed by atoms with Crippen LogP contribution >= 0.6 is 15.9 Å². The van der Waals surface area contributed by atoms with Crippen LogP contribution in [0.4, 0.5) is 5.69 Å². The largest absolute Gasteiger partial charge is 0.322 e. The molecule has 2 rings (SSSR count). The van der Waals surface area contributed by atoms with Gasteiger partial charge in [-0.2, -0.15) is 0 Å². The minimum Gasteiger partial charge on any atom is -0.322 e. The van der Waals surface area contributed by atoms with Gasteiger partial charge in [-0.15, -0.1) is 0 Å². The van der Waals surface area contributed by atoms with Crippen LogP contribution in [0.5, 0.6) is 0 Å². The normalized spacial score (nSPS) is 10.2. The van der Waals surface area contributed by atoms with Crippen molar-refractivity contribution in [3.63, 3.8) is 0 Å². The van der Waals surface area contributed by atoms with Crippen LogP contribution in [0.3, 0.4) is 0 Å². The average Bonchev–Trinajstić information content (AvgIpc) is 2.35. The molecule has 0 fully saturated rings. The summed E-state index contributed by atoms with van der Waals surface area (Å²) in [5.41, 5.74) is 3.39. The number of hydrogen-bond acceptors (Lipinski definition) is 2. The Bertz CT molecular complexity index is 596. The van der Waals surface area contributed by atoms with Crippen LogP contribution in [0.2, 0.25) is 0 Å². The van der Waals surface area contributed by atoms with Gasteiger partial charge >= 0.3 is 0 Å². The molecule has 1 N–H and O–H groups in total. The van der Waals surface area contributed by atoms with E-state index in [4.69, 9.17) is 0 Å². The second kappa shape index (κ2) is 5.31. The Morgan fingerprint density at radius 3 is 2.72 bits per heavy atom. The summed E-state index contributed by atoms with van der Waals surface area (Å²) in [6.07, 6.45) is 3.38. The third-order valence-corrected chi connectivity index (χ3v) is 3.76. The zero-order chi connectivity index (χ0) is 13.1. The Hall–Kier alpha value is -1.68. The van der Waals surface area contributed by atoms with Gasteiger partial charge in [0.25, 0.3) is 5.91 Å². The van der Waals surface area contributed by atoms with Gasteiger partial charge in [-0.25, -0.2) is 0 Å². The zero-order valence-electron chi connectivity index (χ0n) is 10.2. The van der Waals surface area contributed by atoms with Crippen LogP contribution in [-0.4, -0.2) is 10.9 Å². The molecule has 0 bridgehead atoms. The highest BCUT2D eigenvalue weighted by atomic mass is 79.9. The van der Waals surface area contributed by atoms with E-state index in [1.807, 2.05) is 26.0 Å². The predicted octanol–water partition coefficient (Wildman–Crippen LogP) is 3.71. The van der Waals surface area contributed by atoms with Gasteiger partial charge in [0.05, 0.1) is 5.56 Å². The topological polar surface area (TPSA) is 42.0 Å². The molecule has 0 atom stereocenters. The fourth-order valence-corrected chi connectivity index (χ4v) is 2.07. The van der Waals surface area contributed by atoms with Crippen LogP contribution in [0.15, 0.2) is 41.1 Å². The van der Waals surface area contributed by atoms with E-state index < -0.39 is 0 Å². The lowest BCUT2D eigenvalue weighted by atomic mass is 10.1. The number of anilines is 1. The first-order valence-electron chi connectivity index (χ1n) is 5.56. The van der Waals surface area contributed by atoms with E-state index in [1.54, 1.807) is 24.5 Å². The lowest BCUT2D eigenvalue weighted by Gasteiger charge is -2.10. The number of hydrogen-bond donors (Lipinski definition) is 1. The molecule has 0 unspecified atom stereocenters. The fraction of sp³-hybridized carbons (Fsp3) is 0.143. The highest BCUT2D eigenvalue weighted by Crippen LogP contribution is 2.22. The summed E-state index contributed by atoms with van der Waals surface area (Å²) in [5, 5.41) is 2.89. The summed E-state index contributed by atoms with van der Waals surface area (Å²) in [6, 6.07) is 7.41. The molecular weight excluding hydrogens is 292 g/mol. The van der Waals surface area contributed by atoms with Crippen LogP contribution in [0.1, 0.15) is 21.5 Å². The SMILES string of the molecule is Cc1cnccc1NC(=O)c1cccc(C)c1Br. The van der Waals surface area contributed by atoms with E-state index in [-0.39, 0.29) is 5.91 Å².